The average Bonchev–Trinajstić information content (AvgIpc) is 2.31. The molecule has 1 rings (SSSR count). The first-order chi connectivity index (χ1) is 8.43. The summed E-state index contributed by atoms with van der Waals surface area (Å²) in [6, 6.07) is 5.75. The Morgan fingerprint density at radius 1 is 1.39 bits per heavy atom. The first kappa shape index (κ1) is 15.0. The van der Waals surface area contributed by atoms with Crippen molar-refractivity contribution in [3.05, 3.63) is 28.2 Å². The van der Waals surface area contributed by atoms with Crippen molar-refractivity contribution in [2.24, 2.45) is 0 Å². The van der Waals surface area contributed by atoms with Crippen LogP contribution >= 0.6 is 15.9 Å². The third-order valence-electron chi connectivity index (χ3n) is 2.78. The van der Waals surface area contributed by atoms with Gasteiger partial charge in [0.2, 0.25) is 5.91 Å². The molecular weight excluding hydrogens is 294 g/mol. The third-order valence-corrected chi connectivity index (χ3v) is 3.51. The molecule has 0 aromatic heterocycles. The lowest BCUT2D eigenvalue weighted by Crippen LogP contribution is -2.36. The number of carbonyl (C=O) groups is 1. The van der Waals surface area contributed by atoms with Gasteiger partial charge in [-0.1, -0.05) is 28.9 Å². The fourth-order valence-electron chi connectivity index (χ4n) is 1.54. The minimum absolute atomic E-state index is 0.114. The normalized spacial score (nSPS) is 10.7. The second-order valence-corrected chi connectivity index (χ2v) is 5.30. The number of nitrogens with zero attached hydrogens (tertiary/aromatic N) is 2. The summed E-state index contributed by atoms with van der Waals surface area (Å²) in [7, 11) is 3.55. The molecule has 1 amide bonds. The predicted octanol–water partition coefficient (Wildman–Crippen LogP) is 1.94. The maximum Gasteiger partial charge on any atom is 0.236 e. The molecule has 0 heterocycles. The smallest absolute Gasteiger partial charge is 0.236 e. The highest BCUT2D eigenvalue weighted by molar-refractivity contribution is 9.10. The van der Waals surface area contributed by atoms with Crippen molar-refractivity contribution < 1.29 is 4.79 Å². The van der Waals surface area contributed by atoms with Crippen LogP contribution in [-0.2, 0) is 11.3 Å². The summed E-state index contributed by atoms with van der Waals surface area (Å²) in [5, 5.41) is 0. The van der Waals surface area contributed by atoms with Crippen molar-refractivity contribution in [3.8, 4) is 0 Å². The number of benzene rings is 1. The number of amides is 1. The van der Waals surface area contributed by atoms with Crippen LogP contribution in [0.1, 0.15) is 12.5 Å². The van der Waals surface area contributed by atoms with E-state index in [1.807, 2.05) is 25.1 Å². The standard InChI is InChI=1S/C13H20BrN3O/c1-4-17(9-13(18)16(2)3)8-10-5-6-11(15)7-12(10)14/h5-7H,4,8-9,15H2,1-3H3. The van der Waals surface area contributed by atoms with Crippen LogP contribution in [-0.4, -0.2) is 42.9 Å². The first-order valence-electron chi connectivity index (χ1n) is 5.90. The molecule has 0 saturated carbocycles. The largest absolute Gasteiger partial charge is 0.399 e. The van der Waals surface area contributed by atoms with Gasteiger partial charge in [-0.05, 0) is 24.2 Å². The van der Waals surface area contributed by atoms with Crippen molar-refractivity contribution in [1.29, 1.82) is 0 Å². The number of hydrogen-bond acceptors (Lipinski definition) is 3. The van der Waals surface area contributed by atoms with Gasteiger partial charge in [0, 0.05) is 30.8 Å². The lowest BCUT2D eigenvalue weighted by molar-refractivity contribution is -0.130. The summed E-state index contributed by atoms with van der Waals surface area (Å²) in [6.45, 7) is 4.04. The summed E-state index contributed by atoms with van der Waals surface area (Å²) in [6.07, 6.45) is 0. The molecule has 2 N–H and O–H groups in total. The Morgan fingerprint density at radius 2 is 2.06 bits per heavy atom. The summed E-state index contributed by atoms with van der Waals surface area (Å²) in [4.78, 5) is 15.4. The molecule has 0 aliphatic rings. The highest BCUT2D eigenvalue weighted by Crippen LogP contribution is 2.21. The Labute approximate surface area is 117 Å². The molecule has 1 aromatic carbocycles. The van der Waals surface area contributed by atoms with Crippen LogP contribution in [0.15, 0.2) is 22.7 Å². The van der Waals surface area contributed by atoms with E-state index in [9.17, 15) is 4.79 Å². The van der Waals surface area contributed by atoms with E-state index in [0.717, 1.165) is 28.8 Å². The lowest BCUT2D eigenvalue weighted by Gasteiger charge is -2.22. The van der Waals surface area contributed by atoms with E-state index in [1.165, 1.54) is 0 Å². The monoisotopic (exact) mass is 313 g/mol. The molecule has 0 spiro atoms. The average molecular weight is 314 g/mol. The quantitative estimate of drug-likeness (QED) is 0.845. The van der Waals surface area contributed by atoms with Crippen LogP contribution in [0.3, 0.4) is 0 Å². The number of halogens is 1. The third kappa shape index (κ3) is 4.31. The van der Waals surface area contributed by atoms with Crippen LogP contribution in [0.25, 0.3) is 0 Å². The van der Waals surface area contributed by atoms with Crippen LogP contribution in [0.5, 0.6) is 0 Å². The number of nitrogens with two attached hydrogens (primary N) is 1. The van der Waals surface area contributed by atoms with Crippen molar-refractivity contribution in [3.63, 3.8) is 0 Å². The summed E-state index contributed by atoms with van der Waals surface area (Å²) < 4.78 is 0.984. The minimum atomic E-state index is 0.114. The zero-order chi connectivity index (χ0) is 13.7. The Morgan fingerprint density at radius 3 is 2.56 bits per heavy atom. The maximum absolute atomic E-state index is 11.7. The Balaban J connectivity index is 2.71. The molecule has 18 heavy (non-hydrogen) atoms. The molecule has 5 heteroatoms. The number of anilines is 1. The molecule has 0 saturated heterocycles. The van der Waals surface area contributed by atoms with Gasteiger partial charge in [0.15, 0.2) is 0 Å². The summed E-state index contributed by atoms with van der Waals surface area (Å²) in [5.41, 5.74) is 7.58. The van der Waals surface area contributed by atoms with Crippen molar-refractivity contribution >= 4 is 27.5 Å². The van der Waals surface area contributed by atoms with Gasteiger partial charge in [-0.3, -0.25) is 9.69 Å². The number of rotatable bonds is 5. The van der Waals surface area contributed by atoms with E-state index in [4.69, 9.17) is 5.73 Å². The second kappa shape index (κ2) is 6.75. The Kier molecular flexibility index (Phi) is 5.62. The van der Waals surface area contributed by atoms with E-state index >= 15 is 0 Å². The SMILES string of the molecule is CCN(CC(=O)N(C)C)Cc1ccc(N)cc1Br. The fourth-order valence-corrected chi connectivity index (χ4v) is 2.07. The van der Waals surface area contributed by atoms with Crippen molar-refractivity contribution in [2.45, 2.75) is 13.5 Å². The minimum Gasteiger partial charge on any atom is -0.399 e. The van der Waals surface area contributed by atoms with Crippen molar-refractivity contribution in [1.82, 2.24) is 9.80 Å². The van der Waals surface area contributed by atoms with Gasteiger partial charge in [-0.15, -0.1) is 0 Å². The van der Waals surface area contributed by atoms with Gasteiger partial charge in [0.1, 0.15) is 0 Å². The van der Waals surface area contributed by atoms with E-state index in [2.05, 4.69) is 20.8 Å². The molecule has 0 atom stereocenters. The van der Waals surface area contributed by atoms with E-state index < -0.39 is 0 Å². The predicted molar refractivity (Wildman–Crippen MR) is 78.2 cm³/mol. The Hall–Kier alpha value is -1.07. The van der Waals surface area contributed by atoms with Gasteiger partial charge in [-0.25, -0.2) is 0 Å². The van der Waals surface area contributed by atoms with Gasteiger partial charge in [0.05, 0.1) is 6.54 Å². The summed E-state index contributed by atoms with van der Waals surface area (Å²) >= 11 is 3.50. The topological polar surface area (TPSA) is 49.6 Å². The lowest BCUT2D eigenvalue weighted by atomic mass is 10.2. The first-order valence-corrected chi connectivity index (χ1v) is 6.69. The van der Waals surface area contributed by atoms with Gasteiger partial charge >= 0.3 is 0 Å². The zero-order valence-corrected chi connectivity index (χ0v) is 12.7. The van der Waals surface area contributed by atoms with E-state index in [0.29, 0.717) is 6.54 Å². The van der Waals surface area contributed by atoms with Crippen LogP contribution in [0.4, 0.5) is 5.69 Å². The highest BCUT2D eigenvalue weighted by Gasteiger charge is 2.12. The van der Waals surface area contributed by atoms with Crippen LogP contribution < -0.4 is 5.73 Å². The van der Waals surface area contributed by atoms with Crippen LogP contribution in [0, 0.1) is 0 Å². The highest BCUT2D eigenvalue weighted by atomic mass is 79.9. The van der Waals surface area contributed by atoms with Crippen LogP contribution in [0.2, 0.25) is 0 Å². The molecule has 100 valence electrons. The molecule has 0 aliphatic carbocycles. The molecule has 0 fully saturated rings. The molecule has 0 unspecified atom stereocenters. The second-order valence-electron chi connectivity index (χ2n) is 4.44. The number of hydrogen-bond donors (Lipinski definition) is 1. The fraction of sp³-hybridized carbons (Fsp3) is 0.462. The molecular formula is C13H20BrN3O. The molecule has 4 nitrogen and oxygen atoms in total. The van der Waals surface area contributed by atoms with Gasteiger partial charge < -0.3 is 10.6 Å². The summed E-state index contributed by atoms with van der Waals surface area (Å²) in [5.74, 6) is 0.114. The molecule has 1 aromatic rings. The van der Waals surface area contributed by atoms with Crippen molar-refractivity contribution in [2.75, 3.05) is 32.9 Å². The number of nitrogen functional groups attached to an aromatic ring is 1. The number of carbonyl (C=O) groups excluding carboxylic acids is 1. The molecule has 0 aliphatic heterocycles. The van der Waals surface area contributed by atoms with Gasteiger partial charge in [0.25, 0.3) is 0 Å². The maximum atomic E-state index is 11.7. The zero-order valence-electron chi connectivity index (χ0n) is 11.1. The Bertz CT molecular complexity index is 421. The molecule has 0 radical (unpaired) electrons. The number of likely N-dealkylation sites (N-methyl/N-ethyl adjacent to an activating group) is 2. The van der Waals surface area contributed by atoms with E-state index in [-0.39, 0.29) is 5.91 Å². The van der Waals surface area contributed by atoms with E-state index in [1.54, 1.807) is 19.0 Å². The van der Waals surface area contributed by atoms with Gasteiger partial charge in [-0.2, -0.15) is 0 Å². The molecule has 0 bridgehead atoms.